The van der Waals surface area contributed by atoms with E-state index in [-0.39, 0.29) is 0 Å². The van der Waals surface area contributed by atoms with Gasteiger partial charge in [0, 0.05) is 0 Å². The molecule has 0 fully saturated rings. The highest BCUT2D eigenvalue weighted by Gasteiger charge is 2.21. The molecule has 0 aromatic rings. The summed E-state index contributed by atoms with van der Waals surface area (Å²) < 4.78 is 0. The SMILES string of the molecule is O=C(O)C1=NC(O)NC(O)N1. The summed E-state index contributed by atoms with van der Waals surface area (Å²) in [7, 11) is 0. The second-order valence-electron chi connectivity index (χ2n) is 1.87. The number of carbonyl (C=O) groups is 1. The molecule has 11 heavy (non-hydrogen) atoms. The van der Waals surface area contributed by atoms with Crippen LogP contribution in [0.15, 0.2) is 4.99 Å². The summed E-state index contributed by atoms with van der Waals surface area (Å²) in [5, 5.41) is 30.0. The number of aliphatic carboxylic acids is 1. The van der Waals surface area contributed by atoms with Crippen LogP contribution in [0, 0.1) is 0 Å². The van der Waals surface area contributed by atoms with Crippen molar-refractivity contribution in [3.8, 4) is 0 Å². The minimum Gasteiger partial charge on any atom is -0.475 e. The molecule has 0 saturated heterocycles. The molecule has 2 unspecified atom stereocenters. The Morgan fingerprint density at radius 2 is 2.18 bits per heavy atom. The largest absolute Gasteiger partial charge is 0.475 e. The highest BCUT2D eigenvalue weighted by molar-refractivity contribution is 6.34. The minimum atomic E-state index is -1.38. The van der Waals surface area contributed by atoms with Gasteiger partial charge in [0.05, 0.1) is 0 Å². The average Bonchev–Trinajstić information content (AvgIpc) is 1.85. The highest BCUT2D eigenvalue weighted by atomic mass is 16.4. The predicted molar refractivity (Wildman–Crippen MR) is 33.4 cm³/mol. The third kappa shape index (κ3) is 1.87. The summed E-state index contributed by atoms with van der Waals surface area (Å²) in [6.45, 7) is 0. The van der Waals surface area contributed by atoms with Crippen LogP contribution in [0.25, 0.3) is 0 Å². The smallest absolute Gasteiger partial charge is 0.371 e. The van der Waals surface area contributed by atoms with Gasteiger partial charge in [-0.1, -0.05) is 0 Å². The lowest BCUT2D eigenvalue weighted by Gasteiger charge is -2.22. The van der Waals surface area contributed by atoms with Crippen molar-refractivity contribution in [3.63, 3.8) is 0 Å². The molecule has 0 amide bonds. The zero-order chi connectivity index (χ0) is 8.43. The van der Waals surface area contributed by atoms with E-state index in [0.29, 0.717) is 0 Å². The molecule has 62 valence electrons. The summed E-state index contributed by atoms with van der Waals surface area (Å²) in [5.41, 5.74) is 0. The number of rotatable bonds is 1. The summed E-state index contributed by atoms with van der Waals surface area (Å²) in [6.07, 6.45) is -2.66. The zero-order valence-electron chi connectivity index (χ0n) is 5.35. The van der Waals surface area contributed by atoms with Gasteiger partial charge in [0.2, 0.25) is 12.2 Å². The maximum Gasteiger partial charge on any atom is 0.371 e. The molecule has 1 rings (SSSR count). The van der Waals surface area contributed by atoms with Crippen LogP contribution in [0.2, 0.25) is 0 Å². The predicted octanol–water partition coefficient (Wildman–Crippen LogP) is -2.79. The normalized spacial score (nSPS) is 30.5. The van der Waals surface area contributed by atoms with Crippen molar-refractivity contribution in [2.24, 2.45) is 4.99 Å². The Bertz CT molecular complexity index is 204. The van der Waals surface area contributed by atoms with Crippen LogP contribution in [-0.4, -0.2) is 39.8 Å². The molecular formula is C4H7N3O4. The van der Waals surface area contributed by atoms with Gasteiger partial charge in [-0.25, -0.2) is 15.1 Å². The van der Waals surface area contributed by atoms with E-state index in [1.165, 1.54) is 0 Å². The lowest BCUT2D eigenvalue weighted by atomic mass is 10.5. The molecule has 0 radical (unpaired) electrons. The van der Waals surface area contributed by atoms with Crippen LogP contribution in [0.1, 0.15) is 0 Å². The van der Waals surface area contributed by atoms with Crippen LogP contribution in [0.5, 0.6) is 0 Å². The Balaban J connectivity index is 2.72. The van der Waals surface area contributed by atoms with Crippen LogP contribution >= 0.6 is 0 Å². The molecule has 0 aromatic heterocycles. The number of amidine groups is 1. The molecule has 2 atom stereocenters. The summed E-state index contributed by atoms with van der Waals surface area (Å²) in [4.78, 5) is 13.4. The molecule has 0 spiro atoms. The standard InChI is InChI=1S/C4H7N3O4/c8-2(9)1-5-3(10)7-4(11)6-1/h3-4,7,10-11H,(H,5,6)(H,8,9). The summed E-state index contributed by atoms with van der Waals surface area (Å²) in [6, 6.07) is 0. The third-order valence-electron chi connectivity index (χ3n) is 1.03. The lowest BCUT2D eigenvalue weighted by molar-refractivity contribution is -0.130. The van der Waals surface area contributed by atoms with E-state index in [2.05, 4.69) is 15.6 Å². The van der Waals surface area contributed by atoms with Crippen molar-refractivity contribution in [3.05, 3.63) is 0 Å². The van der Waals surface area contributed by atoms with Crippen LogP contribution in [-0.2, 0) is 4.79 Å². The Morgan fingerprint density at radius 3 is 2.64 bits per heavy atom. The van der Waals surface area contributed by atoms with Crippen molar-refractivity contribution in [1.82, 2.24) is 10.6 Å². The number of hydrogen-bond acceptors (Lipinski definition) is 6. The maximum absolute atomic E-state index is 10.2. The molecule has 5 N–H and O–H groups in total. The molecule has 0 aliphatic carbocycles. The first kappa shape index (κ1) is 7.92. The summed E-state index contributed by atoms with van der Waals surface area (Å²) >= 11 is 0. The molecule has 7 heteroatoms. The van der Waals surface area contributed by atoms with Crippen LogP contribution in [0.4, 0.5) is 0 Å². The highest BCUT2D eigenvalue weighted by Crippen LogP contribution is 1.90. The Kier molecular flexibility index (Phi) is 2.03. The molecule has 0 aromatic carbocycles. The first-order chi connectivity index (χ1) is 5.09. The van der Waals surface area contributed by atoms with E-state index in [1.807, 2.05) is 0 Å². The first-order valence-electron chi connectivity index (χ1n) is 2.79. The van der Waals surface area contributed by atoms with E-state index < -0.39 is 24.5 Å². The number of aliphatic imine (C=N–C) groups is 1. The van der Waals surface area contributed by atoms with Gasteiger partial charge in [-0.05, 0) is 0 Å². The van der Waals surface area contributed by atoms with Crippen molar-refractivity contribution >= 4 is 11.8 Å². The average molecular weight is 161 g/mol. The fourth-order valence-electron chi connectivity index (χ4n) is 0.626. The number of aliphatic hydroxyl groups is 2. The number of carboxylic acids is 1. The number of hydrogen-bond donors (Lipinski definition) is 5. The van der Waals surface area contributed by atoms with Crippen molar-refractivity contribution in [1.29, 1.82) is 0 Å². The van der Waals surface area contributed by atoms with E-state index in [1.54, 1.807) is 0 Å². The monoisotopic (exact) mass is 161 g/mol. The van der Waals surface area contributed by atoms with Gasteiger partial charge < -0.3 is 20.6 Å². The number of aliphatic hydroxyl groups excluding tert-OH is 2. The topological polar surface area (TPSA) is 114 Å². The Hall–Kier alpha value is -1.18. The van der Waals surface area contributed by atoms with Gasteiger partial charge >= 0.3 is 5.97 Å². The van der Waals surface area contributed by atoms with E-state index in [0.717, 1.165) is 0 Å². The number of nitrogens with one attached hydrogen (secondary N) is 2. The fourth-order valence-corrected chi connectivity index (χ4v) is 0.626. The van der Waals surface area contributed by atoms with Crippen molar-refractivity contribution < 1.29 is 20.1 Å². The van der Waals surface area contributed by atoms with E-state index in [9.17, 15) is 4.79 Å². The zero-order valence-corrected chi connectivity index (χ0v) is 5.35. The number of nitrogens with zero attached hydrogens (tertiary/aromatic N) is 1. The number of carboxylic acid groups (broad SMARTS) is 1. The van der Waals surface area contributed by atoms with Crippen LogP contribution < -0.4 is 10.6 Å². The molecular weight excluding hydrogens is 154 g/mol. The maximum atomic E-state index is 10.2. The lowest BCUT2D eigenvalue weighted by Crippen LogP contribution is -2.55. The van der Waals surface area contributed by atoms with Gasteiger partial charge in [-0.3, -0.25) is 0 Å². The van der Waals surface area contributed by atoms with Crippen LogP contribution in [0.3, 0.4) is 0 Å². The van der Waals surface area contributed by atoms with Gasteiger partial charge in [0.25, 0.3) is 0 Å². The van der Waals surface area contributed by atoms with E-state index in [4.69, 9.17) is 15.3 Å². The van der Waals surface area contributed by atoms with Gasteiger partial charge in [-0.2, -0.15) is 0 Å². The molecule has 1 heterocycles. The second kappa shape index (κ2) is 2.82. The molecule has 0 bridgehead atoms. The van der Waals surface area contributed by atoms with Gasteiger partial charge in [0.15, 0.2) is 6.35 Å². The van der Waals surface area contributed by atoms with Crippen molar-refractivity contribution in [2.45, 2.75) is 12.7 Å². The summed E-state index contributed by atoms with van der Waals surface area (Å²) in [5.74, 6) is -1.80. The Labute approximate surface area is 61.4 Å². The first-order valence-corrected chi connectivity index (χ1v) is 2.79. The third-order valence-corrected chi connectivity index (χ3v) is 1.03. The molecule has 7 nitrogen and oxygen atoms in total. The molecule has 1 aliphatic rings. The molecule has 1 aliphatic heterocycles. The second-order valence-corrected chi connectivity index (χ2v) is 1.87. The van der Waals surface area contributed by atoms with Crippen molar-refractivity contribution in [2.75, 3.05) is 0 Å². The van der Waals surface area contributed by atoms with E-state index >= 15 is 0 Å². The Morgan fingerprint density at radius 1 is 1.55 bits per heavy atom. The quantitative estimate of drug-likeness (QED) is 0.284. The fraction of sp³-hybridized carbons (Fsp3) is 0.500. The minimum absolute atomic E-state index is 0.469. The van der Waals surface area contributed by atoms with Gasteiger partial charge in [0.1, 0.15) is 0 Å². The van der Waals surface area contributed by atoms with Gasteiger partial charge in [-0.15, -0.1) is 0 Å². The molecule has 0 saturated carbocycles.